The molecule has 6 nitrogen and oxygen atoms in total. The highest BCUT2D eigenvalue weighted by atomic mass is 35.5. The van der Waals surface area contributed by atoms with Gasteiger partial charge in [-0.2, -0.15) is 0 Å². The van der Waals surface area contributed by atoms with E-state index in [1.807, 2.05) is 0 Å². The molecule has 0 aliphatic rings. The lowest BCUT2D eigenvalue weighted by molar-refractivity contribution is 0.0595. The highest BCUT2D eigenvalue weighted by molar-refractivity contribution is 6.29. The number of hydrogen-bond donors (Lipinski definition) is 0. The van der Waals surface area contributed by atoms with Crippen molar-refractivity contribution in [3.05, 3.63) is 57.2 Å². The molecule has 21 heavy (non-hydrogen) atoms. The average Bonchev–Trinajstić information content (AvgIpc) is 2.48. The Morgan fingerprint density at radius 1 is 1.43 bits per heavy atom. The number of halogens is 1. The Labute approximate surface area is 125 Å². The topological polar surface area (TPSA) is 70.4 Å². The van der Waals surface area contributed by atoms with Crippen LogP contribution in [0.4, 0.5) is 0 Å². The molecule has 2 aromatic rings. The molecule has 0 aliphatic heterocycles. The number of carbonyl (C=O) groups excluding carboxylic acids is 1. The van der Waals surface area contributed by atoms with E-state index in [4.69, 9.17) is 16.3 Å². The summed E-state index contributed by atoms with van der Waals surface area (Å²) in [7, 11) is 2.92. The smallest absolute Gasteiger partial charge is 0.341 e. The van der Waals surface area contributed by atoms with E-state index in [0.717, 1.165) is 0 Å². The Hall–Kier alpha value is -2.34. The molecule has 7 heteroatoms. The fraction of sp³-hybridized carbons (Fsp3) is 0.214. The van der Waals surface area contributed by atoms with Crippen LogP contribution in [0.2, 0.25) is 5.15 Å². The van der Waals surface area contributed by atoms with Gasteiger partial charge in [0.25, 0.3) is 5.56 Å². The molecule has 0 fully saturated rings. The number of nitrogens with zero attached hydrogens (tertiary/aromatic N) is 2. The lowest BCUT2D eigenvalue weighted by Crippen LogP contribution is -2.16. The summed E-state index contributed by atoms with van der Waals surface area (Å²) in [6, 6.07) is 4.58. The lowest BCUT2D eigenvalue weighted by Gasteiger charge is -2.10. The van der Waals surface area contributed by atoms with Crippen molar-refractivity contribution in [3.63, 3.8) is 0 Å². The van der Waals surface area contributed by atoms with E-state index in [1.165, 1.54) is 30.0 Å². The van der Waals surface area contributed by atoms with Crippen LogP contribution in [0.3, 0.4) is 0 Å². The molecule has 0 N–H and O–H groups in total. The fourth-order valence-electron chi connectivity index (χ4n) is 1.64. The summed E-state index contributed by atoms with van der Waals surface area (Å²) in [5.74, 6) is -0.329. The summed E-state index contributed by atoms with van der Waals surface area (Å²) in [6.45, 7) is 0.128. The van der Waals surface area contributed by atoms with Crippen LogP contribution >= 0.6 is 11.6 Å². The van der Waals surface area contributed by atoms with Gasteiger partial charge in [-0.1, -0.05) is 11.6 Å². The first-order chi connectivity index (χ1) is 10.0. The highest BCUT2D eigenvalue weighted by Crippen LogP contribution is 2.22. The largest absolute Gasteiger partial charge is 0.486 e. The van der Waals surface area contributed by atoms with E-state index < -0.39 is 5.97 Å². The van der Waals surface area contributed by atoms with Gasteiger partial charge in [0, 0.05) is 19.3 Å². The fourth-order valence-corrected chi connectivity index (χ4v) is 1.80. The minimum absolute atomic E-state index is 0.128. The summed E-state index contributed by atoms with van der Waals surface area (Å²) in [6.07, 6.45) is 2.98. The van der Waals surface area contributed by atoms with Gasteiger partial charge in [0.15, 0.2) is 5.75 Å². The Morgan fingerprint density at radius 3 is 2.86 bits per heavy atom. The van der Waals surface area contributed by atoms with Crippen molar-refractivity contribution in [3.8, 4) is 5.75 Å². The minimum Gasteiger partial charge on any atom is -0.486 e. The van der Waals surface area contributed by atoms with E-state index in [2.05, 4.69) is 9.72 Å². The normalized spacial score (nSPS) is 10.2. The quantitative estimate of drug-likeness (QED) is 0.636. The van der Waals surface area contributed by atoms with Gasteiger partial charge in [-0.05, 0) is 17.7 Å². The van der Waals surface area contributed by atoms with Crippen molar-refractivity contribution in [2.24, 2.45) is 7.05 Å². The number of esters is 1. The summed E-state index contributed by atoms with van der Waals surface area (Å²) in [5.41, 5.74) is 0.726. The van der Waals surface area contributed by atoms with Gasteiger partial charge >= 0.3 is 5.97 Å². The van der Waals surface area contributed by atoms with Gasteiger partial charge in [0.2, 0.25) is 0 Å². The van der Waals surface area contributed by atoms with Crippen molar-refractivity contribution in [1.29, 1.82) is 0 Å². The maximum Gasteiger partial charge on any atom is 0.341 e. The number of ether oxygens (including phenoxy) is 2. The van der Waals surface area contributed by atoms with E-state index in [-0.39, 0.29) is 28.6 Å². The van der Waals surface area contributed by atoms with Crippen LogP contribution in [-0.4, -0.2) is 22.6 Å². The molecule has 0 saturated carbocycles. The molecule has 0 radical (unpaired) electrons. The second kappa shape index (κ2) is 6.41. The molecule has 2 rings (SSSR count). The highest BCUT2D eigenvalue weighted by Gasteiger charge is 2.14. The van der Waals surface area contributed by atoms with E-state index in [1.54, 1.807) is 19.3 Å². The number of pyridine rings is 2. The Balaban J connectivity index is 2.21. The lowest BCUT2D eigenvalue weighted by atomic mass is 10.2. The Kier molecular flexibility index (Phi) is 4.59. The van der Waals surface area contributed by atoms with Gasteiger partial charge in [0.05, 0.1) is 13.3 Å². The molecule has 0 unspecified atom stereocenters. The van der Waals surface area contributed by atoms with Gasteiger partial charge in [-0.3, -0.25) is 4.79 Å². The molecule has 110 valence electrons. The Morgan fingerprint density at radius 2 is 2.19 bits per heavy atom. The number of methoxy groups -OCH3 is 1. The summed E-state index contributed by atoms with van der Waals surface area (Å²) in [5, 5.41) is 0.163. The monoisotopic (exact) mass is 308 g/mol. The predicted octanol–water partition coefficient (Wildman–Crippen LogP) is 1.80. The molecule has 0 bridgehead atoms. The van der Waals surface area contributed by atoms with E-state index in [9.17, 15) is 9.59 Å². The van der Waals surface area contributed by atoms with Crippen molar-refractivity contribution < 1.29 is 14.3 Å². The molecule has 2 heterocycles. The molecular formula is C14H13ClN2O4. The zero-order valence-electron chi connectivity index (χ0n) is 11.5. The molecule has 0 saturated heterocycles. The van der Waals surface area contributed by atoms with Crippen molar-refractivity contribution in [2.45, 2.75) is 6.61 Å². The predicted molar refractivity (Wildman–Crippen MR) is 76.6 cm³/mol. The van der Waals surface area contributed by atoms with Crippen LogP contribution in [0.1, 0.15) is 15.9 Å². The molecule has 2 aromatic heterocycles. The standard InChI is InChI=1S/C14H13ClN2O4/c1-17-4-3-9(5-13(17)18)8-21-11-7-16-12(15)6-10(11)14(19)20-2/h3-7H,8H2,1-2H3. The first-order valence-corrected chi connectivity index (χ1v) is 6.41. The van der Waals surface area contributed by atoms with Crippen LogP contribution in [-0.2, 0) is 18.4 Å². The number of aromatic nitrogens is 2. The second-order valence-electron chi connectivity index (χ2n) is 4.27. The van der Waals surface area contributed by atoms with Gasteiger partial charge in [-0.25, -0.2) is 9.78 Å². The minimum atomic E-state index is -0.571. The number of carbonyl (C=O) groups is 1. The zero-order chi connectivity index (χ0) is 15.4. The number of rotatable bonds is 4. The maximum atomic E-state index is 11.7. The third-order valence-corrected chi connectivity index (χ3v) is 3.01. The Bertz CT molecular complexity index is 727. The first kappa shape index (κ1) is 15.1. The van der Waals surface area contributed by atoms with Crippen molar-refractivity contribution in [1.82, 2.24) is 9.55 Å². The summed E-state index contributed by atoms with van der Waals surface area (Å²) < 4.78 is 11.6. The van der Waals surface area contributed by atoms with Crippen molar-refractivity contribution in [2.75, 3.05) is 7.11 Å². The molecule has 0 amide bonds. The van der Waals surface area contributed by atoms with E-state index >= 15 is 0 Å². The number of hydrogen-bond acceptors (Lipinski definition) is 5. The molecule has 0 aromatic carbocycles. The molecule has 0 aliphatic carbocycles. The first-order valence-electron chi connectivity index (χ1n) is 6.03. The summed E-state index contributed by atoms with van der Waals surface area (Å²) in [4.78, 5) is 27.0. The molecular weight excluding hydrogens is 296 g/mol. The third-order valence-electron chi connectivity index (χ3n) is 2.80. The van der Waals surface area contributed by atoms with Crippen LogP contribution < -0.4 is 10.3 Å². The maximum absolute atomic E-state index is 11.7. The van der Waals surface area contributed by atoms with Crippen LogP contribution in [0, 0.1) is 0 Å². The third kappa shape index (κ3) is 3.61. The van der Waals surface area contributed by atoms with Crippen molar-refractivity contribution >= 4 is 17.6 Å². The van der Waals surface area contributed by atoms with Crippen LogP contribution in [0.25, 0.3) is 0 Å². The average molecular weight is 309 g/mol. The van der Waals surface area contributed by atoms with Crippen LogP contribution in [0.5, 0.6) is 5.75 Å². The van der Waals surface area contributed by atoms with Crippen LogP contribution in [0.15, 0.2) is 35.4 Å². The van der Waals surface area contributed by atoms with Gasteiger partial charge in [0.1, 0.15) is 17.3 Å². The molecule has 0 spiro atoms. The number of aryl methyl sites for hydroxylation is 1. The second-order valence-corrected chi connectivity index (χ2v) is 4.65. The zero-order valence-corrected chi connectivity index (χ0v) is 12.3. The molecule has 0 atom stereocenters. The van der Waals surface area contributed by atoms with Gasteiger partial charge in [-0.15, -0.1) is 0 Å². The van der Waals surface area contributed by atoms with Gasteiger partial charge < -0.3 is 14.0 Å². The summed E-state index contributed by atoms with van der Waals surface area (Å²) >= 11 is 5.75. The SMILES string of the molecule is COC(=O)c1cc(Cl)ncc1OCc1ccn(C)c(=O)c1. The van der Waals surface area contributed by atoms with E-state index in [0.29, 0.717) is 5.56 Å².